The topological polar surface area (TPSA) is 343 Å². The van der Waals surface area contributed by atoms with Gasteiger partial charge >= 0.3 is 5.97 Å². The molecule has 4 heterocycles. The molecular formula is C92H117N7O24. The van der Waals surface area contributed by atoms with E-state index in [0.717, 1.165) is 17.5 Å². The van der Waals surface area contributed by atoms with E-state index in [1.54, 1.807) is 215 Å². The van der Waals surface area contributed by atoms with Crippen LogP contribution in [0.15, 0.2) is 127 Å². The number of likely N-dealkylation sites (N-methyl/N-ethyl adjacent to an activating group) is 2. The van der Waals surface area contributed by atoms with Crippen molar-refractivity contribution < 1.29 is 115 Å². The molecule has 31 nitrogen and oxygen atoms in total. The van der Waals surface area contributed by atoms with Crippen LogP contribution in [0.5, 0.6) is 86.2 Å². The highest BCUT2D eigenvalue weighted by Gasteiger charge is 2.42. The third kappa shape index (κ3) is 21.7. The van der Waals surface area contributed by atoms with Crippen LogP contribution in [0, 0.1) is 5.41 Å². The molecule has 0 saturated heterocycles. The second kappa shape index (κ2) is 42.7. The Balaban J connectivity index is 0.000000186. The van der Waals surface area contributed by atoms with Gasteiger partial charge in [-0.2, -0.15) is 0 Å². The van der Waals surface area contributed by atoms with Gasteiger partial charge in [-0.3, -0.25) is 19.2 Å². The molecule has 7 unspecified atom stereocenters. The largest absolute Gasteiger partial charge is 0.497 e. The van der Waals surface area contributed by atoms with E-state index < -0.39 is 30.0 Å². The van der Waals surface area contributed by atoms with Gasteiger partial charge in [-0.1, -0.05) is 20.8 Å². The number of hydrogen-bond acceptors (Lipinski definition) is 27. The average Bonchev–Trinajstić information content (AvgIpc) is 0.772. The van der Waals surface area contributed by atoms with Gasteiger partial charge in [0.1, 0.15) is 65.5 Å². The van der Waals surface area contributed by atoms with Crippen LogP contribution >= 0.6 is 0 Å². The second-order valence-electron chi connectivity index (χ2n) is 30.2. The summed E-state index contributed by atoms with van der Waals surface area (Å²) in [6.07, 6.45) is -2.23. The lowest BCUT2D eigenvalue weighted by Gasteiger charge is -2.40. The Bertz CT molecular complexity index is 4980. The number of aliphatic hydroxyl groups is 3. The fourth-order valence-corrected chi connectivity index (χ4v) is 15.0. The zero-order valence-corrected chi connectivity index (χ0v) is 74.1. The molecule has 4 aliphatic rings. The van der Waals surface area contributed by atoms with E-state index in [-0.39, 0.29) is 60.1 Å². The summed E-state index contributed by atoms with van der Waals surface area (Å²) in [4.78, 5) is 70.8. The van der Waals surface area contributed by atoms with Crippen LogP contribution in [0.4, 0.5) is 17.1 Å². The molecule has 0 aliphatic carbocycles. The summed E-state index contributed by atoms with van der Waals surface area (Å²) < 4.78 is 86.4. The zero-order valence-electron chi connectivity index (χ0n) is 74.1. The van der Waals surface area contributed by atoms with Crippen molar-refractivity contribution in [3.05, 3.63) is 177 Å². The predicted octanol–water partition coefficient (Wildman–Crippen LogP) is 12.6. The van der Waals surface area contributed by atoms with E-state index in [4.69, 9.17) is 75.8 Å². The number of ether oxygens (including phenoxy) is 16. The van der Waals surface area contributed by atoms with Crippen LogP contribution < -0.4 is 87.0 Å². The number of carbonyl (C=O) groups excluding carboxylic acids is 5. The minimum Gasteiger partial charge on any atom is -0.497 e. The number of fused-ring (bicyclic) bond motifs is 4. The molecule has 0 bridgehead atoms. The van der Waals surface area contributed by atoms with Crippen molar-refractivity contribution in [1.29, 1.82) is 0 Å². The van der Waals surface area contributed by atoms with Crippen LogP contribution in [0.2, 0.25) is 0 Å². The third-order valence-electron chi connectivity index (χ3n) is 21.7. The van der Waals surface area contributed by atoms with Crippen LogP contribution in [0.1, 0.15) is 142 Å². The summed E-state index contributed by atoms with van der Waals surface area (Å²) >= 11 is 0. The van der Waals surface area contributed by atoms with Crippen LogP contribution in [-0.4, -0.2) is 242 Å². The summed E-state index contributed by atoms with van der Waals surface area (Å²) in [7, 11) is 23.5. The number of amides is 4. The molecule has 12 rings (SSSR count). The van der Waals surface area contributed by atoms with Crippen molar-refractivity contribution in [3.8, 4) is 86.2 Å². The lowest BCUT2D eigenvalue weighted by molar-refractivity contribution is -0.143. The number of methoxy groups -OCH3 is 14. The summed E-state index contributed by atoms with van der Waals surface area (Å²) in [5.41, 5.74) is 7.45. The van der Waals surface area contributed by atoms with Crippen LogP contribution in [-0.2, 0) is 16.0 Å². The molecule has 4 aliphatic heterocycles. The Morgan fingerprint density at radius 2 is 0.789 bits per heavy atom. The molecule has 0 saturated carbocycles. The number of carbonyl (C=O) groups is 5. The molecule has 0 spiro atoms. The van der Waals surface area contributed by atoms with Crippen molar-refractivity contribution in [2.75, 3.05) is 168 Å². The number of nitrogens with one attached hydrogen (secondary N) is 3. The molecule has 0 fully saturated rings. The first kappa shape index (κ1) is 94.2. The number of aliphatic hydroxyl groups excluding tert-OH is 3. The van der Waals surface area contributed by atoms with Crippen molar-refractivity contribution >= 4 is 46.7 Å². The maximum absolute atomic E-state index is 13.3. The first-order valence-corrected chi connectivity index (χ1v) is 40.0. The van der Waals surface area contributed by atoms with Crippen molar-refractivity contribution in [2.45, 2.75) is 103 Å². The Morgan fingerprint density at radius 1 is 0.431 bits per heavy atom. The van der Waals surface area contributed by atoms with E-state index in [1.165, 1.54) is 28.4 Å². The maximum atomic E-state index is 13.3. The fraction of sp³-hybridized carbons (Fsp3) is 0.424. The predicted molar refractivity (Wildman–Crippen MR) is 464 cm³/mol. The minimum atomic E-state index is -0.992. The Kier molecular flexibility index (Phi) is 32.8. The molecule has 4 amide bonds. The fourth-order valence-electron chi connectivity index (χ4n) is 15.0. The van der Waals surface area contributed by atoms with E-state index in [1.807, 2.05) is 58.6 Å². The van der Waals surface area contributed by atoms with Gasteiger partial charge in [-0.05, 0) is 171 Å². The maximum Gasteiger partial charge on any atom is 0.338 e. The molecule has 664 valence electrons. The summed E-state index contributed by atoms with van der Waals surface area (Å²) in [6, 6.07) is 36.6. The SMILES string of the molecule is CCN1CC(C(O)Nc2ccc(OC)cc2OC)c2cc(OC)c(OC)cc2C1=O.CCOC(=O)c1ccc(OCC2c3cc(OC)c(OC)cc3CCN2C(=O)C(C)(C)C)cc1.COc1ccc(NC(O)C2CN(C(C)C)C(=O)c3cc(OC)c(OC)cc32)c(OC)c1.COc1ccc(NC(O)C2CN(C)C(=O)c3cc(OC)c(OC)cc32)c(OC)c1. The quantitative estimate of drug-likeness (QED) is 0.0180. The first-order chi connectivity index (χ1) is 58.9. The molecular weight excluding hydrogens is 1590 g/mol. The van der Waals surface area contributed by atoms with Crippen LogP contribution in [0.25, 0.3) is 0 Å². The van der Waals surface area contributed by atoms with Crippen LogP contribution in [0.3, 0.4) is 0 Å². The van der Waals surface area contributed by atoms with Gasteiger partial charge in [-0.15, -0.1) is 0 Å². The molecule has 0 radical (unpaired) electrons. The van der Waals surface area contributed by atoms with E-state index in [0.29, 0.717) is 182 Å². The zero-order chi connectivity index (χ0) is 89.8. The smallest absolute Gasteiger partial charge is 0.338 e. The third-order valence-corrected chi connectivity index (χ3v) is 21.7. The number of esters is 1. The average molecular weight is 1700 g/mol. The molecule has 6 N–H and O–H groups in total. The van der Waals surface area contributed by atoms with Gasteiger partial charge in [0.25, 0.3) is 17.7 Å². The Morgan fingerprint density at radius 3 is 1.16 bits per heavy atom. The highest BCUT2D eigenvalue weighted by molar-refractivity contribution is 6.00. The normalized spacial score (nSPS) is 16.3. The van der Waals surface area contributed by atoms with Gasteiger partial charge in [0, 0.05) is 104 Å². The second-order valence-corrected chi connectivity index (χ2v) is 30.2. The highest BCUT2D eigenvalue weighted by atomic mass is 16.5. The number of rotatable bonds is 30. The number of nitrogens with zero attached hydrogens (tertiary/aromatic N) is 4. The standard InChI is InChI=1S/C26H33NO6.C23H30N2O6.C22H28N2O6.C21H26N2O6/c1-7-32-24(28)17-8-10-19(11-9-17)33-16-21-20-15-23(31-6)22(30-5)14-18(20)12-13-27(21)25(29)26(2,3)4;1-13(2)25-12-17(15-10-20(30-5)21(31-6)11-16(15)23(25)27)22(26)24-18-8-7-14(28-3)9-19(18)29-4;1-6-24-12-16(14-10-19(29-4)20(30-5)11-15(14)22(24)26)21(25)23-17-8-7-13(27-2)9-18(17)28-3;1-23-11-15(13-9-18(28-4)19(29-5)10-14(13)21(23)25)20(24)22-16-7-6-12(26-2)8-17(16)27-3/h8-11,14-15,21H,7,12-13,16H2,1-6H3;7-11,13,17,22,24,26H,12H2,1-6H3;7-11,16,21,23,25H,6,12H2,1-5H3;6-10,15,20,22,24H,11H2,1-5H3. The summed E-state index contributed by atoms with van der Waals surface area (Å²) in [6.45, 7) is 16.1. The van der Waals surface area contributed by atoms with Crippen molar-refractivity contribution in [1.82, 2.24) is 19.6 Å². The molecule has 8 aromatic carbocycles. The monoisotopic (exact) mass is 1700 g/mol. The molecule has 31 heteroatoms. The highest BCUT2D eigenvalue weighted by Crippen LogP contribution is 2.46. The van der Waals surface area contributed by atoms with E-state index >= 15 is 0 Å². The number of anilines is 3. The minimum absolute atomic E-state index is 0.0287. The molecule has 7 atom stereocenters. The van der Waals surface area contributed by atoms with Gasteiger partial charge in [0.2, 0.25) is 5.91 Å². The van der Waals surface area contributed by atoms with Gasteiger partial charge in [-0.25, -0.2) is 4.79 Å². The van der Waals surface area contributed by atoms with Gasteiger partial charge < -0.3 is 127 Å². The lowest BCUT2D eigenvalue weighted by atomic mass is 9.86. The van der Waals surface area contributed by atoms with Gasteiger partial charge in [0.05, 0.1) is 135 Å². The molecule has 123 heavy (non-hydrogen) atoms. The van der Waals surface area contributed by atoms with Crippen molar-refractivity contribution in [2.24, 2.45) is 5.41 Å². The number of benzene rings is 8. The first-order valence-electron chi connectivity index (χ1n) is 40.0. The molecule has 8 aromatic rings. The number of hydrogen-bond donors (Lipinski definition) is 6. The Labute approximate surface area is 719 Å². The van der Waals surface area contributed by atoms with Crippen molar-refractivity contribution in [3.63, 3.8) is 0 Å². The van der Waals surface area contributed by atoms with Gasteiger partial charge in [0.15, 0.2) is 46.0 Å². The summed E-state index contributed by atoms with van der Waals surface area (Å²) in [5.74, 6) is 6.57. The summed E-state index contributed by atoms with van der Waals surface area (Å²) in [5, 5.41) is 42.6. The van der Waals surface area contributed by atoms with E-state index in [9.17, 15) is 39.3 Å². The lowest BCUT2D eigenvalue weighted by Crippen LogP contribution is -2.48. The Hall–Kier alpha value is -12.6. The van der Waals surface area contributed by atoms with E-state index in [2.05, 4.69) is 16.0 Å². The molecule has 0 aromatic heterocycles.